The lowest BCUT2D eigenvalue weighted by molar-refractivity contribution is 0.103. The second-order valence-electron chi connectivity index (χ2n) is 8.25. The number of hydrogen-bond donors (Lipinski definition) is 0. The van der Waals surface area contributed by atoms with Gasteiger partial charge in [-0.25, -0.2) is 4.79 Å². The maximum atomic E-state index is 13.0. The number of carbonyl (C=O) groups excluding carboxylic acids is 2. The smallest absolute Gasteiger partial charge is 0.348 e. The van der Waals surface area contributed by atoms with E-state index in [1.165, 1.54) is 0 Å². The summed E-state index contributed by atoms with van der Waals surface area (Å²) < 4.78 is 0. The van der Waals surface area contributed by atoms with Gasteiger partial charge in [-0.15, -0.1) is 4.99 Å². The van der Waals surface area contributed by atoms with Gasteiger partial charge in [0.15, 0.2) is 11.0 Å². The molecule has 3 aromatic rings. The number of benzene rings is 3. The number of carbonyl (C=O) groups is 2. The van der Waals surface area contributed by atoms with E-state index < -0.39 is 6.09 Å². The van der Waals surface area contributed by atoms with Crippen LogP contribution in [0.5, 0.6) is 0 Å². The van der Waals surface area contributed by atoms with Crippen molar-refractivity contribution < 1.29 is 14.4 Å². The summed E-state index contributed by atoms with van der Waals surface area (Å²) in [5.74, 6) is 0.367. The van der Waals surface area contributed by atoms with Crippen molar-refractivity contribution in [2.24, 2.45) is 10.1 Å². The van der Waals surface area contributed by atoms with Crippen molar-refractivity contribution in [3.63, 3.8) is 0 Å². The third-order valence-electron chi connectivity index (χ3n) is 5.14. The molecule has 0 aromatic heterocycles. The average Bonchev–Trinajstić information content (AvgIpc) is 2.85. The summed E-state index contributed by atoms with van der Waals surface area (Å²) in [7, 11) is 7.05. The molecule has 0 spiro atoms. The van der Waals surface area contributed by atoms with Crippen molar-refractivity contribution in [2.75, 3.05) is 28.2 Å². The molecule has 3 aromatic carbocycles. The monoisotopic (exact) mass is 490 g/mol. The molecule has 0 atom stereocenters. The van der Waals surface area contributed by atoms with E-state index in [4.69, 9.17) is 16.4 Å². The zero-order valence-corrected chi connectivity index (χ0v) is 21.1. The largest absolute Gasteiger partial charge is 0.463 e. The summed E-state index contributed by atoms with van der Waals surface area (Å²) in [6.45, 7) is 1.92. The highest BCUT2D eigenvalue weighted by molar-refractivity contribution is 6.69. The molecule has 0 fully saturated rings. The second kappa shape index (κ2) is 11.4. The van der Waals surface area contributed by atoms with Gasteiger partial charge in [-0.3, -0.25) is 9.63 Å². The molecule has 0 saturated carbocycles. The van der Waals surface area contributed by atoms with Crippen LogP contribution in [0.3, 0.4) is 0 Å². The van der Waals surface area contributed by atoms with Crippen LogP contribution in [0.1, 0.15) is 27.0 Å². The number of aryl methyl sites for hydroxylation is 1. The molecule has 180 valence electrons. The second-order valence-corrected chi connectivity index (χ2v) is 8.60. The van der Waals surface area contributed by atoms with Crippen molar-refractivity contribution in [1.82, 2.24) is 9.80 Å². The number of ketones is 1. The van der Waals surface area contributed by atoms with Crippen LogP contribution < -0.4 is 0 Å². The van der Waals surface area contributed by atoms with E-state index in [9.17, 15) is 9.59 Å². The van der Waals surface area contributed by atoms with Gasteiger partial charge in [0.1, 0.15) is 0 Å². The van der Waals surface area contributed by atoms with Gasteiger partial charge in [0, 0.05) is 44.9 Å². The molecule has 0 bridgehead atoms. The number of nitrogens with zero attached hydrogens (tertiary/aromatic N) is 4. The van der Waals surface area contributed by atoms with Gasteiger partial charge in [-0.1, -0.05) is 77.4 Å². The Hall–Kier alpha value is -3.97. The van der Waals surface area contributed by atoms with E-state index in [1.807, 2.05) is 67.6 Å². The van der Waals surface area contributed by atoms with Crippen molar-refractivity contribution in [3.8, 4) is 11.1 Å². The summed E-state index contributed by atoms with van der Waals surface area (Å²) in [4.78, 5) is 37.2. The van der Waals surface area contributed by atoms with Crippen LogP contribution in [0.2, 0.25) is 0 Å². The van der Waals surface area contributed by atoms with Crippen LogP contribution in [-0.4, -0.2) is 61.0 Å². The summed E-state index contributed by atoms with van der Waals surface area (Å²) in [6, 6.07) is 22.2. The topological polar surface area (TPSA) is 74.6 Å². The highest BCUT2D eigenvalue weighted by Gasteiger charge is 2.13. The lowest BCUT2D eigenvalue weighted by Gasteiger charge is -2.21. The number of aliphatic imine (C=N–C) groups is 1. The van der Waals surface area contributed by atoms with Gasteiger partial charge in [0.2, 0.25) is 5.96 Å². The first-order chi connectivity index (χ1) is 16.7. The Morgan fingerprint density at radius 3 is 1.97 bits per heavy atom. The summed E-state index contributed by atoms with van der Waals surface area (Å²) in [6.07, 6.45) is -0.890. The molecule has 3 rings (SSSR count). The highest BCUT2D eigenvalue weighted by atomic mass is 35.5. The lowest BCUT2D eigenvalue weighted by Crippen LogP contribution is -2.36. The number of guanidine groups is 1. The minimum atomic E-state index is -0.890. The first kappa shape index (κ1) is 25.6. The molecule has 1 amide bonds. The molecular formula is C27H27ClN4O3. The number of oxime groups is 1. The van der Waals surface area contributed by atoms with Crippen molar-refractivity contribution in [1.29, 1.82) is 0 Å². The predicted molar refractivity (Wildman–Crippen MR) is 140 cm³/mol. The normalized spacial score (nSPS) is 11.0. The maximum absolute atomic E-state index is 13.0. The van der Waals surface area contributed by atoms with Crippen LogP contribution in [0.4, 0.5) is 4.79 Å². The van der Waals surface area contributed by atoms with E-state index in [2.05, 4.69) is 10.1 Å². The molecule has 35 heavy (non-hydrogen) atoms. The summed E-state index contributed by atoms with van der Waals surface area (Å²) in [5.41, 5.74) is 4.42. The van der Waals surface area contributed by atoms with Crippen molar-refractivity contribution >= 4 is 34.6 Å². The summed E-state index contributed by atoms with van der Waals surface area (Å²) in [5, 5.41) is 3.73. The Bertz CT molecular complexity index is 1290. The molecule has 0 unspecified atom stereocenters. The fourth-order valence-corrected chi connectivity index (χ4v) is 3.64. The Kier molecular flexibility index (Phi) is 8.39. The Morgan fingerprint density at radius 1 is 0.800 bits per heavy atom. The SMILES string of the molecule is Cc1ccccc1C(=O)c1cccc(-c2cccc(/C(Cl)=N/OC(=O)N=C(N(C)C)N(C)C)c2)c1. The first-order valence-corrected chi connectivity index (χ1v) is 11.2. The van der Waals surface area contributed by atoms with Crippen molar-refractivity contribution in [2.45, 2.75) is 6.92 Å². The molecule has 8 heteroatoms. The van der Waals surface area contributed by atoms with E-state index in [0.29, 0.717) is 22.6 Å². The average molecular weight is 491 g/mol. The molecular weight excluding hydrogens is 464 g/mol. The Balaban J connectivity index is 1.82. The zero-order chi connectivity index (χ0) is 25.5. The number of amides is 1. The third kappa shape index (κ3) is 6.55. The predicted octanol–water partition coefficient (Wildman–Crippen LogP) is 5.41. The van der Waals surface area contributed by atoms with Crippen LogP contribution in [0.25, 0.3) is 11.1 Å². The van der Waals surface area contributed by atoms with Gasteiger partial charge < -0.3 is 9.80 Å². The third-order valence-corrected chi connectivity index (χ3v) is 5.43. The first-order valence-electron chi connectivity index (χ1n) is 10.9. The molecule has 0 saturated heterocycles. The molecule has 7 nitrogen and oxygen atoms in total. The highest BCUT2D eigenvalue weighted by Crippen LogP contribution is 2.24. The number of rotatable bonds is 5. The van der Waals surface area contributed by atoms with Crippen LogP contribution in [-0.2, 0) is 4.84 Å². The molecule has 0 heterocycles. The minimum Gasteiger partial charge on any atom is -0.348 e. The van der Waals surface area contributed by atoms with Crippen molar-refractivity contribution in [3.05, 3.63) is 95.1 Å². The van der Waals surface area contributed by atoms with Gasteiger partial charge in [-0.2, -0.15) is 0 Å². The van der Waals surface area contributed by atoms with Gasteiger partial charge >= 0.3 is 6.09 Å². The fourth-order valence-electron chi connectivity index (χ4n) is 3.48. The van der Waals surface area contributed by atoms with Crippen LogP contribution in [0.15, 0.2) is 82.9 Å². The number of halogens is 1. The van der Waals surface area contributed by atoms with E-state index >= 15 is 0 Å². The fraction of sp³-hybridized carbons (Fsp3) is 0.185. The Labute approximate surface area is 210 Å². The molecule has 0 N–H and O–H groups in total. The standard InChI is InChI=1S/C27H27ClN4O3/c1-18-10-6-7-15-23(18)24(33)21-13-8-11-19(16-21)20-12-9-14-22(17-20)25(28)30-35-27(34)29-26(31(2)3)32(4)5/h6-17H,1-5H3/b30-25-. The molecule has 0 aliphatic carbocycles. The quantitative estimate of drug-likeness (QED) is 0.157. The summed E-state index contributed by atoms with van der Waals surface area (Å²) >= 11 is 6.30. The molecule has 0 aliphatic heterocycles. The maximum Gasteiger partial charge on any atom is 0.463 e. The van der Waals surface area contributed by atoms with Crippen LogP contribution in [0, 0.1) is 6.92 Å². The van der Waals surface area contributed by atoms with Gasteiger partial charge in [0.25, 0.3) is 0 Å². The van der Waals surface area contributed by atoms with Gasteiger partial charge in [-0.05, 0) is 35.7 Å². The van der Waals surface area contributed by atoms with Crippen LogP contribution >= 0.6 is 11.6 Å². The van der Waals surface area contributed by atoms with Gasteiger partial charge in [0.05, 0.1) is 0 Å². The zero-order valence-electron chi connectivity index (χ0n) is 20.3. The molecule has 0 aliphatic rings. The molecule has 0 radical (unpaired) electrons. The van der Waals surface area contributed by atoms with E-state index in [1.54, 1.807) is 50.1 Å². The van der Waals surface area contributed by atoms with E-state index in [-0.39, 0.29) is 11.0 Å². The number of hydrogen-bond acceptors (Lipinski definition) is 4. The minimum absolute atomic E-state index is 0.00111. The Morgan fingerprint density at radius 2 is 1.37 bits per heavy atom. The van der Waals surface area contributed by atoms with E-state index in [0.717, 1.165) is 16.7 Å². The lowest BCUT2D eigenvalue weighted by atomic mass is 9.95.